The summed E-state index contributed by atoms with van der Waals surface area (Å²) in [6.45, 7) is 9.91. The second-order valence-electron chi connectivity index (χ2n) is 8.25. The molecule has 0 saturated heterocycles. The van der Waals surface area contributed by atoms with Crippen LogP contribution in [0.15, 0.2) is 59.8 Å². The first kappa shape index (κ1) is 16.6. The molecule has 0 aliphatic heterocycles. The molecule has 2 aliphatic carbocycles. The second kappa shape index (κ2) is 6.14. The third-order valence-corrected chi connectivity index (χ3v) is 13.3. The van der Waals surface area contributed by atoms with Crippen LogP contribution in [-0.2, 0) is 6.42 Å². The molecule has 25 heavy (non-hydrogen) atoms. The predicted molar refractivity (Wildman–Crippen MR) is 112 cm³/mol. The van der Waals surface area contributed by atoms with Crippen LogP contribution in [0.3, 0.4) is 0 Å². The number of benzene rings is 2. The molecule has 0 aromatic heterocycles. The van der Waals surface area contributed by atoms with Crippen LogP contribution in [0.2, 0.25) is 11.1 Å². The lowest BCUT2D eigenvalue weighted by molar-refractivity contribution is 0.851. The molecule has 2 aliphatic rings. The van der Waals surface area contributed by atoms with Gasteiger partial charge in [0.15, 0.2) is 0 Å². The summed E-state index contributed by atoms with van der Waals surface area (Å²) >= 11 is 0. The average molecular weight is 345 g/mol. The fourth-order valence-corrected chi connectivity index (χ4v) is 12.3. The van der Waals surface area contributed by atoms with Crippen molar-refractivity contribution in [3.63, 3.8) is 0 Å². The maximum atomic E-state index is 2.55. The summed E-state index contributed by atoms with van der Waals surface area (Å²) in [6, 6.07) is 18.0. The minimum absolute atomic E-state index is 0.601. The van der Waals surface area contributed by atoms with E-state index in [2.05, 4.69) is 94.5 Å². The second-order valence-corrected chi connectivity index (χ2v) is 13.7. The molecule has 2 aromatic carbocycles. The van der Waals surface area contributed by atoms with Crippen molar-refractivity contribution in [3.05, 3.63) is 82.1 Å². The van der Waals surface area contributed by atoms with Gasteiger partial charge in [0.1, 0.15) is 0 Å². The fraction of sp³-hybridized carbons (Fsp3) is 0.333. The van der Waals surface area contributed by atoms with Gasteiger partial charge in [-0.2, -0.15) is 0 Å². The summed E-state index contributed by atoms with van der Waals surface area (Å²) in [5.74, 6) is 0. The first-order valence-corrected chi connectivity index (χ1v) is 11.8. The molecule has 4 rings (SSSR count). The van der Waals surface area contributed by atoms with Crippen LogP contribution in [0.25, 0.3) is 12.2 Å². The van der Waals surface area contributed by atoms with E-state index < -0.39 is 8.07 Å². The van der Waals surface area contributed by atoms with E-state index in [1.54, 1.807) is 10.8 Å². The van der Waals surface area contributed by atoms with E-state index >= 15 is 0 Å². The molecule has 0 saturated carbocycles. The molecule has 0 nitrogen and oxygen atoms in total. The lowest BCUT2D eigenvalue weighted by Gasteiger charge is -2.45. The Morgan fingerprint density at radius 1 is 0.840 bits per heavy atom. The molecule has 0 bridgehead atoms. The third kappa shape index (κ3) is 2.40. The largest absolute Gasteiger partial charge is 0.0982 e. The van der Waals surface area contributed by atoms with E-state index in [0.717, 1.165) is 6.42 Å². The van der Waals surface area contributed by atoms with Crippen molar-refractivity contribution in [2.45, 2.75) is 50.7 Å². The number of hydrogen-bond donors (Lipinski definition) is 0. The Morgan fingerprint density at radius 2 is 1.48 bits per heavy atom. The summed E-state index contributed by atoms with van der Waals surface area (Å²) in [5, 5.41) is 1.75. The molecule has 0 amide bonds. The van der Waals surface area contributed by atoms with E-state index in [-0.39, 0.29) is 0 Å². The van der Waals surface area contributed by atoms with Crippen LogP contribution in [-0.4, -0.2) is 8.07 Å². The van der Waals surface area contributed by atoms with Gasteiger partial charge < -0.3 is 0 Å². The van der Waals surface area contributed by atoms with Gasteiger partial charge in [-0.3, -0.25) is 0 Å². The van der Waals surface area contributed by atoms with Crippen LogP contribution < -0.4 is 0 Å². The smallest absolute Gasteiger partial charge is 0.0787 e. The summed E-state index contributed by atoms with van der Waals surface area (Å²) in [4.78, 5) is 0. The third-order valence-electron chi connectivity index (χ3n) is 6.55. The fourth-order valence-electron chi connectivity index (χ4n) is 5.55. The monoisotopic (exact) mass is 344 g/mol. The SMILES string of the molecule is CC(C)[Si](C1=Cc2ccccc2C1)(C(C)C)C1C=Cc2ccccc21. The average Bonchev–Trinajstić information content (AvgIpc) is 3.20. The highest BCUT2D eigenvalue weighted by Crippen LogP contribution is 2.53. The van der Waals surface area contributed by atoms with E-state index in [1.807, 2.05) is 0 Å². The molecule has 1 unspecified atom stereocenters. The lowest BCUT2D eigenvalue weighted by Crippen LogP contribution is -2.49. The predicted octanol–water partition coefficient (Wildman–Crippen LogP) is 6.78. The summed E-state index contributed by atoms with van der Waals surface area (Å²) in [7, 11) is -1.76. The van der Waals surface area contributed by atoms with Crippen molar-refractivity contribution in [3.8, 4) is 0 Å². The highest BCUT2D eigenvalue weighted by Gasteiger charge is 2.50. The topological polar surface area (TPSA) is 0 Å². The van der Waals surface area contributed by atoms with Gasteiger partial charge in [0.25, 0.3) is 0 Å². The minimum atomic E-state index is -1.76. The minimum Gasteiger partial charge on any atom is -0.0787 e. The molecule has 2 aromatic rings. The molecule has 0 fully saturated rings. The molecule has 0 heterocycles. The van der Waals surface area contributed by atoms with Crippen molar-refractivity contribution in [2.24, 2.45) is 0 Å². The van der Waals surface area contributed by atoms with E-state index in [9.17, 15) is 0 Å². The van der Waals surface area contributed by atoms with Gasteiger partial charge in [-0.15, -0.1) is 0 Å². The number of rotatable bonds is 4. The van der Waals surface area contributed by atoms with Crippen molar-refractivity contribution in [1.82, 2.24) is 0 Å². The highest BCUT2D eigenvalue weighted by atomic mass is 28.3. The highest BCUT2D eigenvalue weighted by molar-refractivity contribution is 6.91. The normalized spacial score (nSPS) is 18.6. The summed E-state index contributed by atoms with van der Waals surface area (Å²) < 4.78 is 0. The lowest BCUT2D eigenvalue weighted by atomic mass is 10.1. The Kier molecular flexibility index (Phi) is 4.08. The number of hydrogen-bond acceptors (Lipinski definition) is 0. The Morgan fingerprint density at radius 3 is 2.16 bits per heavy atom. The molecule has 1 heteroatoms. The van der Waals surface area contributed by atoms with E-state index in [4.69, 9.17) is 0 Å². The number of fused-ring (bicyclic) bond motifs is 2. The molecule has 0 radical (unpaired) electrons. The van der Waals surface area contributed by atoms with Gasteiger partial charge in [0.2, 0.25) is 0 Å². The van der Waals surface area contributed by atoms with E-state index in [0.29, 0.717) is 16.6 Å². The van der Waals surface area contributed by atoms with Gasteiger partial charge in [0, 0.05) is 5.54 Å². The molecular weight excluding hydrogens is 316 g/mol. The molecule has 0 N–H and O–H groups in total. The van der Waals surface area contributed by atoms with E-state index in [1.165, 1.54) is 16.7 Å². The summed E-state index contributed by atoms with van der Waals surface area (Å²) in [5.41, 5.74) is 8.00. The first-order chi connectivity index (χ1) is 12.0. The van der Waals surface area contributed by atoms with Crippen molar-refractivity contribution < 1.29 is 0 Å². The zero-order chi connectivity index (χ0) is 17.6. The van der Waals surface area contributed by atoms with Crippen LogP contribution in [0.4, 0.5) is 0 Å². The Hall–Kier alpha value is -1.86. The number of allylic oxidation sites excluding steroid dienone is 2. The Labute approximate surface area is 153 Å². The molecular formula is C24H28Si. The van der Waals surface area contributed by atoms with Gasteiger partial charge >= 0.3 is 0 Å². The Bertz CT molecular complexity index is 846. The van der Waals surface area contributed by atoms with Crippen molar-refractivity contribution in [1.29, 1.82) is 0 Å². The van der Waals surface area contributed by atoms with Gasteiger partial charge in [0.05, 0.1) is 8.07 Å². The van der Waals surface area contributed by atoms with Crippen molar-refractivity contribution in [2.75, 3.05) is 0 Å². The first-order valence-electron chi connectivity index (χ1n) is 9.61. The van der Waals surface area contributed by atoms with Gasteiger partial charge in [-0.1, -0.05) is 99.7 Å². The van der Waals surface area contributed by atoms with Crippen LogP contribution >= 0.6 is 0 Å². The standard InChI is InChI=1S/C24H28Si/c1-17(2)25(18(3)4,22-15-20-10-5-6-11-21(20)16-22)24-14-13-19-9-7-8-12-23(19)24/h5-15,17-18,24H,16H2,1-4H3. The summed E-state index contributed by atoms with van der Waals surface area (Å²) in [6.07, 6.45) is 8.61. The van der Waals surface area contributed by atoms with Crippen LogP contribution in [0, 0.1) is 0 Å². The maximum absolute atomic E-state index is 2.55. The zero-order valence-corrected chi connectivity index (χ0v) is 16.8. The molecule has 1 atom stereocenters. The van der Waals surface area contributed by atoms with Gasteiger partial charge in [-0.25, -0.2) is 0 Å². The quantitative estimate of drug-likeness (QED) is 0.536. The Balaban J connectivity index is 1.88. The molecule has 128 valence electrons. The van der Waals surface area contributed by atoms with Crippen LogP contribution in [0.1, 0.15) is 55.5 Å². The molecule has 0 spiro atoms. The maximum Gasteiger partial charge on any atom is 0.0982 e. The van der Waals surface area contributed by atoms with Crippen LogP contribution in [0.5, 0.6) is 0 Å². The van der Waals surface area contributed by atoms with Crippen molar-refractivity contribution >= 4 is 20.2 Å². The zero-order valence-electron chi connectivity index (χ0n) is 15.8. The van der Waals surface area contributed by atoms with Gasteiger partial charge in [-0.05, 0) is 39.8 Å².